The van der Waals surface area contributed by atoms with Gasteiger partial charge < -0.3 is 18.9 Å². The third-order valence-electron chi connectivity index (χ3n) is 6.84. The molecule has 1 aliphatic carbocycles. The van der Waals surface area contributed by atoms with Gasteiger partial charge in [0.1, 0.15) is 23.4 Å². The van der Waals surface area contributed by atoms with Crippen molar-refractivity contribution in [2.75, 3.05) is 6.61 Å². The molecule has 0 saturated heterocycles. The van der Waals surface area contributed by atoms with E-state index in [2.05, 4.69) is 0 Å². The van der Waals surface area contributed by atoms with Crippen LogP contribution in [0.4, 0.5) is 0 Å². The molecule has 3 aliphatic rings. The zero-order valence-corrected chi connectivity index (χ0v) is 19.5. The third-order valence-corrected chi connectivity index (χ3v) is 6.84. The number of hydrogen-bond acceptors (Lipinski definition) is 6. The number of ketones is 2. The Morgan fingerprint density at radius 1 is 0.676 bits per heavy atom. The van der Waals surface area contributed by atoms with Crippen LogP contribution < -0.4 is 14.2 Å². The Balaban J connectivity index is 1.30. The van der Waals surface area contributed by atoms with Crippen molar-refractivity contribution in [3.8, 4) is 28.7 Å². The number of carbonyl (C=O) groups is 2. The monoisotopic (exact) mass is 488 g/mol. The van der Waals surface area contributed by atoms with Gasteiger partial charge >= 0.3 is 0 Å². The number of benzene rings is 4. The maximum absolute atomic E-state index is 13.5. The predicted molar refractivity (Wildman–Crippen MR) is 135 cm³/mol. The van der Waals surface area contributed by atoms with E-state index in [1.54, 1.807) is 30.3 Å². The van der Waals surface area contributed by atoms with Crippen molar-refractivity contribution < 1.29 is 28.5 Å². The summed E-state index contributed by atoms with van der Waals surface area (Å²) in [5.41, 5.74) is 1.84. The summed E-state index contributed by atoms with van der Waals surface area (Å²) in [5, 5.41) is 0. The van der Waals surface area contributed by atoms with Crippen molar-refractivity contribution in [3.05, 3.63) is 125 Å². The fourth-order valence-corrected chi connectivity index (χ4v) is 5.11. The molecule has 0 N–H and O–H groups in total. The van der Waals surface area contributed by atoms with Gasteiger partial charge in [-0.25, -0.2) is 0 Å². The van der Waals surface area contributed by atoms with E-state index in [0.717, 1.165) is 5.56 Å². The molecule has 6 heteroatoms. The Bertz CT molecular complexity index is 1590. The standard InChI is InChI=1S/C31H20O6/c32-28-20-13-7-8-14-21(20)29(33)31-27(28)30-23(17-34-31)22-15-25(35-18-9-3-1-4-10-18)26(16-24(22)37-30)36-19-11-5-2-6-12-19/h1-16,23,30H,17H2/t23-,30+/m1/s1. The molecule has 180 valence electrons. The molecule has 0 saturated carbocycles. The van der Waals surface area contributed by atoms with Crippen molar-refractivity contribution in [1.29, 1.82) is 0 Å². The first-order chi connectivity index (χ1) is 18.2. The van der Waals surface area contributed by atoms with Gasteiger partial charge in [0.05, 0.1) is 18.1 Å². The minimum Gasteiger partial charge on any atom is -0.488 e. The van der Waals surface area contributed by atoms with Gasteiger partial charge in [0.25, 0.3) is 0 Å². The summed E-state index contributed by atoms with van der Waals surface area (Å²) in [6, 6.07) is 29.3. The van der Waals surface area contributed by atoms with Crippen LogP contribution in [0.2, 0.25) is 0 Å². The van der Waals surface area contributed by atoms with E-state index < -0.39 is 6.10 Å². The molecule has 0 amide bonds. The quantitative estimate of drug-likeness (QED) is 0.328. The summed E-state index contributed by atoms with van der Waals surface area (Å²) in [4.78, 5) is 26.6. The van der Waals surface area contributed by atoms with Crippen LogP contribution in [-0.2, 0) is 4.74 Å². The number of Topliss-reactive ketones (excluding diaryl/α,β-unsaturated/α-hetero) is 2. The minimum absolute atomic E-state index is 0.0827. The first-order valence-corrected chi connectivity index (χ1v) is 12.0. The molecule has 0 bridgehead atoms. The number of carbonyl (C=O) groups excluding carboxylic acids is 2. The molecule has 2 heterocycles. The van der Waals surface area contributed by atoms with Crippen LogP contribution in [0, 0.1) is 0 Å². The van der Waals surface area contributed by atoms with Gasteiger partial charge in [-0.15, -0.1) is 0 Å². The van der Waals surface area contributed by atoms with E-state index in [0.29, 0.717) is 39.9 Å². The number of hydrogen-bond donors (Lipinski definition) is 0. The first kappa shape index (κ1) is 21.4. The minimum atomic E-state index is -0.639. The van der Waals surface area contributed by atoms with Crippen LogP contribution in [0.25, 0.3) is 0 Å². The smallest absolute Gasteiger partial charge is 0.228 e. The fraction of sp³-hybridized carbons (Fsp3) is 0.0968. The SMILES string of the molecule is O=C1C2=C(C(=O)c3ccccc31)[C@H]1Oc3cc(Oc4ccccc4)c(Oc4ccccc4)cc3[C@H]1CO2. The average molecular weight is 488 g/mol. The first-order valence-electron chi connectivity index (χ1n) is 12.0. The highest BCUT2D eigenvalue weighted by atomic mass is 16.5. The number of fused-ring (bicyclic) bond motifs is 5. The molecular formula is C31H20O6. The van der Waals surface area contributed by atoms with Crippen molar-refractivity contribution in [2.24, 2.45) is 0 Å². The maximum atomic E-state index is 13.5. The zero-order valence-electron chi connectivity index (χ0n) is 19.5. The van der Waals surface area contributed by atoms with Gasteiger partial charge in [0.15, 0.2) is 23.0 Å². The van der Waals surface area contributed by atoms with Gasteiger partial charge in [-0.3, -0.25) is 9.59 Å². The largest absolute Gasteiger partial charge is 0.488 e. The Kier molecular flexibility index (Phi) is 4.86. The highest BCUT2D eigenvalue weighted by Crippen LogP contribution is 2.51. The van der Waals surface area contributed by atoms with Crippen LogP contribution in [0.5, 0.6) is 28.7 Å². The van der Waals surface area contributed by atoms with Crippen LogP contribution in [0.3, 0.4) is 0 Å². The Morgan fingerprint density at radius 2 is 1.24 bits per heavy atom. The molecule has 2 aliphatic heterocycles. The zero-order chi connectivity index (χ0) is 24.9. The number of para-hydroxylation sites is 2. The molecule has 4 aromatic rings. The number of rotatable bonds is 4. The lowest BCUT2D eigenvalue weighted by Crippen LogP contribution is -2.39. The molecule has 0 aromatic heterocycles. The van der Waals surface area contributed by atoms with Gasteiger partial charge in [0.2, 0.25) is 5.78 Å². The molecule has 0 radical (unpaired) electrons. The lowest BCUT2D eigenvalue weighted by molar-refractivity contribution is 0.0697. The highest BCUT2D eigenvalue weighted by molar-refractivity contribution is 6.26. The lowest BCUT2D eigenvalue weighted by Gasteiger charge is -2.31. The van der Waals surface area contributed by atoms with Crippen molar-refractivity contribution >= 4 is 11.6 Å². The van der Waals surface area contributed by atoms with Crippen LogP contribution in [0.1, 0.15) is 32.2 Å². The van der Waals surface area contributed by atoms with Crippen molar-refractivity contribution in [1.82, 2.24) is 0 Å². The Morgan fingerprint density at radius 3 is 1.89 bits per heavy atom. The van der Waals surface area contributed by atoms with E-state index in [1.165, 1.54) is 0 Å². The third kappa shape index (κ3) is 3.49. The maximum Gasteiger partial charge on any atom is 0.228 e. The lowest BCUT2D eigenvalue weighted by atomic mass is 9.80. The molecular weight excluding hydrogens is 468 g/mol. The van der Waals surface area contributed by atoms with Gasteiger partial charge in [0, 0.05) is 22.8 Å². The predicted octanol–water partition coefficient (Wildman–Crippen LogP) is 6.48. The van der Waals surface area contributed by atoms with Crippen LogP contribution in [-0.4, -0.2) is 24.3 Å². The fourth-order valence-electron chi connectivity index (χ4n) is 5.11. The molecule has 6 nitrogen and oxygen atoms in total. The van der Waals surface area contributed by atoms with Crippen molar-refractivity contribution in [2.45, 2.75) is 12.0 Å². The summed E-state index contributed by atoms with van der Waals surface area (Å²) < 4.78 is 24.7. The van der Waals surface area contributed by atoms with Crippen molar-refractivity contribution in [3.63, 3.8) is 0 Å². The molecule has 0 fully saturated rings. The molecule has 37 heavy (non-hydrogen) atoms. The van der Waals surface area contributed by atoms with Crippen LogP contribution >= 0.6 is 0 Å². The summed E-state index contributed by atoms with van der Waals surface area (Å²) >= 11 is 0. The van der Waals surface area contributed by atoms with E-state index in [-0.39, 0.29) is 35.4 Å². The summed E-state index contributed by atoms with van der Waals surface area (Å²) in [6.07, 6.45) is -0.639. The molecule has 4 aromatic carbocycles. The second kappa shape index (κ2) is 8.38. The van der Waals surface area contributed by atoms with E-state index in [4.69, 9.17) is 18.9 Å². The van der Waals surface area contributed by atoms with Gasteiger partial charge in [-0.1, -0.05) is 60.7 Å². The molecule has 0 spiro atoms. The highest BCUT2D eigenvalue weighted by Gasteiger charge is 2.49. The van der Waals surface area contributed by atoms with Gasteiger partial charge in [-0.05, 0) is 30.3 Å². The topological polar surface area (TPSA) is 71.1 Å². The molecule has 7 rings (SSSR count). The van der Waals surface area contributed by atoms with E-state index in [1.807, 2.05) is 66.7 Å². The number of allylic oxidation sites excluding steroid dienone is 1. The summed E-state index contributed by atoms with van der Waals surface area (Å²) in [7, 11) is 0. The average Bonchev–Trinajstić information content (AvgIpc) is 3.30. The number of ether oxygens (including phenoxy) is 4. The van der Waals surface area contributed by atoms with Crippen LogP contribution in [0.15, 0.2) is 108 Å². The van der Waals surface area contributed by atoms with Gasteiger partial charge in [-0.2, -0.15) is 0 Å². The Hall–Kier alpha value is -4.84. The molecule has 0 unspecified atom stereocenters. The van der Waals surface area contributed by atoms with E-state index in [9.17, 15) is 9.59 Å². The summed E-state index contributed by atoms with van der Waals surface area (Å²) in [5.74, 6) is 2.13. The second-order valence-corrected chi connectivity index (χ2v) is 9.07. The van der Waals surface area contributed by atoms with E-state index >= 15 is 0 Å². The summed E-state index contributed by atoms with van der Waals surface area (Å²) in [6.45, 7) is 0.210. The normalized spacial score (nSPS) is 19.1. The molecule has 2 atom stereocenters. The Labute approximate surface area is 212 Å². The second-order valence-electron chi connectivity index (χ2n) is 9.07.